The van der Waals surface area contributed by atoms with E-state index in [0.29, 0.717) is 34.2 Å². The molecule has 3 heterocycles. The van der Waals surface area contributed by atoms with Crippen LogP contribution in [-0.4, -0.2) is 45.5 Å². The molecule has 1 unspecified atom stereocenters. The Hall–Kier alpha value is -3.13. The number of cyclic esters (lactones) is 1. The summed E-state index contributed by atoms with van der Waals surface area (Å²) < 4.78 is 28.1. The van der Waals surface area contributed by atoms with E-state index in [0.717, 1.165) is 29.7 Å². The van der Waals surface area contributed by atoms with E-state index in [4.69, 9.17) is 29.4 Å². The summed E-state index contributed by atoms with van der Waals surface area (Å²) in [6, 6.07) is 5.37. The second-order valence-corrected chi connectivity index (χ2v) is 7.36. The molecule has 0 saturated heterocycles. The van der Waals surface area contributed by atoms with E-state index in [1.807, 2.05) is 19.2 Å². The fourth-order valence-corrected chi connectivity index (χ4v) is 4.58. The standard InChI is InChI=1S/C21H22N2O6/c1-23-7-6-10-8-13-19(28-9-27-13)20(26-3)14(10)17(23)18-11-4-5-12(25-2)16(22)15(11)21(24)29-18/h4-5,8,17-18H,6-7,9,22H2,1-3H3/t17-,18?/m1/s1. The lowest BCUT2D eigenvalue weighted by Gasteiger charge is -2.38. The molecular formula is C21H22N2O6. The van der Waals surface area contributed by atoms with E-state index in [2.05, 4.69) is 4.90 Å². The molecule has 0 saturated carbocycles. The van der Waals surface area contributed by atoms with Gasteiger partial charge in [0.2, 0.25) is 12.5 Å². The van der Waals surface area contributed by atoms with Gasteiger partial charge >= 0.3 is 5.97 Å². The number of hydrogen-bond acceptors (Lipinski definition) is 8. The Morgan fingerprint density at radius 1 is 1.21 bits per heavy atom. The van der Waals surface area contributed by atoms with E-state index in [1.54, 1.807) is 13.2 Å². The summed E-state index contributed by atoms with van der Waals surface area (Å²) in [6.45, 7) is 0.960. The monoisotopic (exact) mass is 398 g/mol. The number of nitrogens with two attached hydrogens (primary N) is 1. The number of nitrogen functional groups attached to an aromatic ring is 1. The molecule has 8 heteroatoms. The first-order valence-electron chi connectivity index (χ1n) is 9.42. The summed E-state index contributed by atoms with van der Waals surface area (Å²) in [5, 5.41) is 0. The number of benzene rings is 2. The van der Waals surface area contributed by atoms with Crippen molar-refractivity contribution in [2.24, 2.45) is 0 Å². The first-order chi connectivity index (χ1) is 14.0. The normalized spacial score (nSPS) is 22.1. The highest BCUT2D eigenvalue weighted by atomic mass is 16.7. The average Bonchev–Trinajstić information content (AvgIpc) is 3.31. The molecule has 2 atom stereocenters. The quantitative estimate of drug-likeness (QED) is 0.623. The smallest absolute Gasteiger partial charge is 0.341 e. The Balaban J connectivity index is 1.68. The van der Waals surface area contributed by atoms with E-state index in [9.17, 15) is 4.79 Å². The maximum absolute atomic E-state index is 12.7. The number of likely N-dealkylation sites (N-methyl/N-ethyl adjacent to an activating group) is 1. The molecule has 29 heavy (non-hydrogen) atoms. The number of hydrogen-bond donors (Lipinski definition) is 1. The predicted octanol–water partition coefficient (Wildman–Crippen LogP) is 2.46. The van der Waals surface area contributed by atoms with Crippen molar-refractivity contribution >= 4 is 11.7 Å². The van der Waals surface area contributed by atoms with Crippen LogP contribution in [-0.2, 0) is 11.2 Å². The number of esters is 1. The van der Waals surface area contributed by atoms with Gasteiger partial charge in [-0.15, -0.1) is 0 Å². The highest BCUT2D eigenvalue weighted by molar-refractivity contribution is 6.01. The van der Waals surface area contributed by atoms with Crippen LogP contribution in [0.4, 0.5) is 5.69 Å². The molecular weight excluding hydrogens is 376 g/mol. The number of ether oxygens (including phenoxy) is 5. The molecule has 0 spiro atoms. The zero-order valence-corrected chi connectivity index (χ0v) is 16.5. The first kappa shape index (κ1) is 17.9. The molecule has 0 bridgehead atoms. The molecule has 2 aromatic rings. The van der Waals surface area contributed by atoms with Crippen molar-refractivity contribution in [2.75, 3.05) is 40.3 Å². The van der Waals surface area contributed by atoms with Gasteiger partial charge in [-0.1, -0.05) is 6.07 Å². The SMILES string of the molecule is COc1ccc2c(c1N)C(=O)OC2[C@H]1c2c(cc3c(c2OC)OCO3)CCN1C. The first-order valence-corrected chi connectivity index (χ1v) is 9.42. The number of fused-ring (bicyclic) bond motifs is 3. The Kier molecular flexibility index (Phi) is 3.99. The third-order valence-electron chi connectivity index (χ3n) is 5.94. The minimum atomic E-state index is -0.524. The maximum atomic E-state index is 12.7. The van der Waals surface area contributed by atoms with Crippen LogP contribution in [0.1, 0.15) is 39.2 Å². The highest BCUT2D eigenvalue weighted by Gasteiger charge is 2.45. The van der Waals surface area contributed by atoms with Gasteiger partial charge in [0.1, 0.15) is 11.9 Å². The Morgan fingerprint density at radius 3 is 2.79 bits per heavy atom. The summed E-state index contributed by atoms with van der Waals surface area (Å²) in [5.41, 5.74) is 9.65. The largest absolute Gasteiger partial charge is 0.495 e. The summed E-state index contributed by atoms with van der Waals surface area (Å²) in [5.74, 6) is 1.91. The molecule has 0 radical (unpaired) electrons. The van der Waals surface area contributed by atoms with Gasteiger partial charge in [0.05, 0.1) is 31.5 Å². The van der Waals surface area contributed by atoms with Crippen LogP contribution < -0.4 is 24.7 Å². The van der Waals surface area contributed by atoms with Crippen molar-refractivity contribution in [3.63, 3.8) is 0 Å². The molecule has 3 aliphatic heterocycles. The van der Waals surface area contributed by atoms with Crippen molar-refractivity contribution in [3.05, 3.63) is 40.5 Å². The lowest BCUT2D eigenvalue weighted by Crippen LogP contribution is -2.36. The number of methoxy groups -OCH3 is 2. The second kappa shape index (κ2) is 6.45. The van der Waals surface area contributed by atoms with Crippen LogP contribution in [0.5, 0.6) is 23.0 Å². The van der Waals surface area contributed by atoms with Gasteiger partial charge in [-0.05, 0) is 31.2 Å². The third kappa shape index (κ3) is 2.45. The van der Waals surface area contributed by atoms with Gasteiger partial charge in [-0.25, -0.2) is 4.79 Å². The molecule has 0 amide bonds. The second-order valence-electron chi connectivity index (χ2n) is 7.36. The van der Waals surface area contributed by atoms with Crippen LogP contribution >= 0.6 is 0 Å². The van der Waals surface area contributed by atoms with Crippen molar-refractivity contribution in [2.45, 2.75) is 18.6 Å². The van der Waals surface area contributed by atoms with Crippen molar-refractivity contribution < 1.29 is 28.5 Å². The summed E-state index contributed by atoms with van der Waals surface area (Å²) in [4.78, 5) is 14.9. The van der Waals surface area contributed by atoms with Gasteiger partial charge < -0.3 is 29.4 Å². The molecule has 152 valence electrons. The lowest BCUT2D eigenvalue weighted by atomic mass is 9.85. The van der Waals surface area contributed by atoms with Gasteiger partial charge in [0.15, 0.2) is 11.5 Å². The fraction of sp³-hybridized carbons (Fsp3) is 0.381. The summed E-state index contributed by atoms with van der Waals surface area (Å²) in [6.07, 6.45) is 0.303. The van der Waals surface area contributed by atoms with Gasteiger partial charge in [0, 0.05) is 17.7 Å². The highest BCUT2D eigenvalue weighted by Crippen LogP contribution is 2.54. The van der Waals surface area contributed by atoms with Crippen LogP contribution in [0.3, 0.4) is 0 Å². The lowest BCUT2D eigenvalue weighted by molar-refractivity contribution is 0.00885. The van der Waals surface area contributed by atoms with Crippen molar-refractivity contribution in [1.82, 2.24) is 4.90 Å². The Labute approximate surface area is 168 Å². The molecule has 0 fully saturated rings. The molecule has 3 aliphatic rings. The van der Waals surface area contributed by atoms with E-state index in [1.165, 1.54) is 7.11 Å². The minimum Gasteiger partial charge on any atom is -0.495 e. The molecule has 0 aliphatic carbocycles. The predicted molar refractivity (Wildman–Crippen MR) is 104 cm³/mol. The van der Waals surface area contributed by atoms with E-state index >= 15 is 0 Å². The zero-order chi connectivity index (χ0) is 20.3. The Morgan fingerprint density at radius 2 is 2.03 bits per heavy atom. The Bertz CT molecular complexity index is 1020. The number of carbonyl (C=O) groups is 1. The fourth-order valence-electron chi connectivity index (χ4n) is 4.58. The maximum Gasteiger partial charge on any atom is 0.341 e. The van der Waals surface area contributed by atoms with Crippen LogP contribution in [0.15, 0.2) is 18.2 Å². The number of anilines is 1. The molecule has 5 rings (SSSR count). The zero-order valence-electron chi connectivity index (χ0n) is 16.5. The molecule has 2 N–H and O–H groups in total. The number of rotatable bonds is 3. The number of nitrogens with zero attached hydrogens (tertiary/aromatic N) is 1. The third-order valence-corrected chi connectivity index (χ3v) is 5.94. The average molecular weight is 398 g/mol. The van der Waals surface area contributed by atoms with Crippen LogP contribution in [0.2, 0.25) is 0 Å². The number of carbonyl (C=O) groups excluding carboxylic acids is 1. The summed E-state index contributed by atoms with van der Waals surface area (Å²) in [7, 11) is 5.14. The van der Waals surface area contributed by atoms with Gasteiger partial charge in [-0.3, -0.25) is 4.90 Å². The topological polar surface area (TPSA) is 92.5 Å². The van der Waals surface area contributed by atoms with Crippen LogP contribution in [0.25, 0.3) is 0 Å². The molecule has 2 aromatic carbocycles. The van der Waals surface area contributed by atoms with Gasteiger partial charge in [0.25, 0.3) is 0 Å². The summed E-state index contributed by atoms with van der Waals surface area (Å²) >= 11 is 0. The van der Waals surface area contributed by atoms with Crippen molar-refractivity contribution in [3.8, 4) is 23.0 Å². The van der Waals surface area contributed by atoms with Crippen LogP contribution in [0, 0.1) is 0 Å². The van der Waals surface area contributed by atoms with Crippen molar-refractivity contribution in [1.29, 1.82) is 0 Å². The molecule has 0 aromatic heterocycles. The van der Waals surface area contributed by atoms with E-state index < -0.39 is 12.1 Å². The van der Waals surface area contributed by atoms with E-state index in [-0.39, 0.29) is 12.8 Å². The molecule has 8 nitrogen and oxygen atoms in total. The minimum absolute atomic E-state index is 0.159. The van der Waals surface area contributed by atoms with Gasteiger partial charge in [-0.2, -0.15) is 0 Å².